The highest BCUT2D eigenvalue weighted by Crippen LogP contribution is 2.25. The SMILES string of the molecule is CC(C)CN(CC(C)C)C(CN)c1cccc([N+](=O)[O-])c1. The Bertz CT molecular complexity index is 451. The van der Waals surface area contributed by atoms with E-state index in [1.807, 2.05) is 6.07 Å². The fourth-order valence-electron chi connectivity index (χ4n) is 2.61. The maximum atomic E-state index is 11.0. The minimum absolute atomic E-state index is 0.0229. The highest BCUT2D eigenvalue weighted by molar-refractivity contribution is 5.36. The van der Waals surface area contributed by atoms with Gasteiger partial charge in [0, 0.05) is 37.8 Å². The van der Waals surface area contributed by atoms with Crippen LogP contribution in [-0.4, -0.2) is 29.5 Å². The molecule has 2 N–H and O–H groups in total. The average Bonchev–Trinajstić information content (AvgIpc) is 2.38. The van der Waals surface area contributed by atoms with E-state index in [4.69, 9.17) is 5.73 Å². The summed E-state index contributed by atoms with van der Waals surface area (Å²) in [6.07, 6.45) is 0. The Morgan fingerprint density at radius 3 is 2.19 bits per heavy atom. The summed E-state index contributed by atoms with van der Waals surface area (Å²) in [7, 11) is 0. The molecule has 5 heteroatoms. The van der Waals surface area contributed by atoms with Crippen molar-refractivity contribution in [2.45, 2.75) is 33.7 Å². The zero-order valence-electron chi connectivity index (χ0n) is 13.5. The molecule has 0 bridgehead atoms. The smallest absolute Gasteiger partial charge is 0.269 e. The van der Waals surface area contributed by atoms with E-state index in [-0.39, 0.29) is 16.7 Å². The van der Waals surface area contributed by atoms with Crippen LogP contribution in [0.15, 0.2) is 24.3 Å². The van der Waals surface area contributed by atoms with Crippen molar-refractivity contribution in [3.8, 4) is 0 Å². The van der Waals surface area contributed by atoms with Gasteiger partial charge >= 0.3 is 0 Å². The van der Waals surface area contributed by atoms with Crippen molar-refractivity contribution in [2.24, 2.45) is 17.6 Å². The van der Waals surface area contributed by atoms with Crippen molar-refractivity contribution >= 4 is 5.69 Å². The lowest BCUT2D eigenvalue weighted by atomic mass is 10.0. The molecule has 0 spiro atoms. The van der Waals surface area contributed by atoms with Crippen LogP contribution in [0.4, 0.5) is 5.69 Å². The first-order valence-electron chi connectivity index (χ1n) is 7.53. The molecule has 0 aliphatic heterocycles. The van der Waals surface area contributed by atoms with Crippen LogP contribution in [0.25, 0.3) is 0 Å². The number of nitrogens with zero attached hydrogens (tertiary/aromatic N) is 2. The minimum atomic E-state index is -0.355. The maximum Gasteiger partial charge on any atom is 0.269 e. The quantitative estimate of drug-likeness (QED) is 0.590. The van der Waals surface area contributed by atoms with Crippen LogP contribution in [0.3, 0.4) is 0 Å². The minimum Gasteiger partial charge on any atom is -0.329 e. The summed E-state index contributed by atoms with van der Waals surface area (Å²) in [6, 6.07) is 6.85. The van der Waals surface area contributed by atoms with E-state index in [2.05, 4.69) is 32.6 Å². The van der Waals surface area contributed by atoms with Gasteiger partial charge in [-0.05, 0) is 17.4 Å². The van der Waals surface area contributed by atoms with Gasteiger partial charge in [-0.25, -0.2) is 0 Å². The zero-order valence-corrected chi connectivity index (χ0v) is 13.5. The van der Waals surface area contributed by atoms with Gasteiger partial charge in [0.2, 0.25) is 0 Å². The zero-order chi connectivity index (χ0) is 16.0. The van der Waals surface area contributed by atoms with E-state index in [9.17, 15) is 10.1 Å². The van der Waals surface area contributed by atoms with Gasteiger partial charge in [0.1, 0.15) is 0 Å². The van der Waals surface area contributed by atoms with Crippen LogP contribution >= 0.6 is 0 Å². The standard InChI is InChI=1S/C16H27N3O2/c1-12(2)10-18(11-13(3)4)16(9-17)14-6-5-7-15(8-14)19(20)21/h5-8,12-13,16H,9-11,17H2,1-4H3. The first kappa shape index (κ1) is 17.6. The number of rotatable bonds is 8. The summed E-state index contributed by atoms with van der Waals surface area (Å²) in [5.41, 5.74) is 7.02. The van der Waals surface area contributed by atoms with E-state index in [0.717, 1.165) is 18.7 Å². The molecule has 1 rings (SSSR count). The molecule has 0 amide bonds. The second-order valence-electron chi connectivity index (χ2n) is 6.35. The normalized spacial score (nSPS) is 13.1. The van der Waals surface area contributed by atoms with Gasteiger partial charge in [0.25, 0.3) is 5.69 Å². The molecule has 0 heterocycles. The Morgan fingerprint density at radius 1 is 1.19 bits per heavy atom. The monoisotopic (exact) mass is 293 g/mol. The number of non-ortho nitro benzene ring substituents is 1. The first-order valence-corrected chi connectivity index (χ1v) is 7.53. The molecular weight excluding hydrogens is 266 g/mol. The van der Waals surface area contributed by atoms with Crippen molar-refractivity contribution in [1.82, 2.24) is 4.90 Å². The maximum absolute atomic E-state index is 11.0. The molecule has 21 heavy (non-hydrogen) atoms. The lowest BCUT2D eigenvalue weighted by Crippen LogP contribution is -2.38. The molecule has 5 nitrogen and oxygen atoms in total. The van der Waals surface area contributed by atoms with Crippen molar-refractivity contribution in [3.05, 3.63) is 39.9 Å². The highest BCUT2D eigenvalue weighted by atomic mass is 16.6. The largest absolute Gasteiger partial charge is 0.329 e. The molecule has 1 aromatic rings. The van der Waals surface area contributed by atoms with Gasteiger partial charge < -0.3 is 5.73 Å². The molecule has 0 aromatic heterocycles. The summed E-state index contributed by atoms with van der Waals surface area (Å²) in [5.74, 6) is 1.05. The lowest BCUT2D eigenvalue weighted by Gasteiger charge is -2.34. The van der Waals surface area contributed by atoms with Crippen LogP contribution in [0, 0.1) is 22.0 Å². The predicted molar refractivity (Wildman–Crippen MR) is 86.1 cm³/mol. The number of nitro benzene ring substituents is 1. The summed E-state index contributed by atoms with van der Waals surface area (Å²) in [4.78, 5) is 12.9. The topological polar surface area (TPSA) is 72.4 Å². The average molecular weight is 293 g/mol. The Morgan fingerprint density at radius 2 is 1.76 bits per heavy atom. The first-order chi connectivity index (χ1) is 9.85. The molecular formula is C16H27N3O2. The molecule has 118 valence electrons. The van der Waals surface area contributed by atoms with E-state index >= 15 is 0 Å². The molecule has 0 saturated heterocycles. The van der Waals surface area contributed by atoms with Crippen molar-refractivity contribution in [2.75, 3.05) is 19.6 Å². The second kappa shape index (κ2) is 8.10. The van der Waals surface area contributed by atoms with Crippen LogP contribution in [-0.2, 0) is 0 Å². The van der Waals surface area contributed by atoms with Gasteiger partial charge in [-0.1, -0.05) is 39.8 Å². The molecule has 1 unspecified atom stereocenters. The number of hydrogen-bond donors (Lipinski definition) is 1. The fraction of sp³-hybridized carbons (Fsp3) is 0.625. The van der Waals surface area contributed by atoms with Crippen molar-refractivity contribution < 1.29 is 4.92 Å². The molecule has 1 atom stereocenters. The molecule has 0 aliphatic rings. The van der Waals surface area contributed by atoms with Crippen LogP contribution in [0.5, 0.6) is 0 Å². The van der Waals surface area contributed by atoms with E-state index in [0.29, 0.717) is 18.4 Å². The predicted octanol–water partition coefficient (Wildman–Crippen LogP) is 3.21. The van der Waals surface area contributed by atoms with E-state index in [1.54, 1.807) is 12.1 Å². The van der Waals surface area contributed by atoms with E-state index < -0.39 is 0 Å². The molecule has 0 fully saturated rings. The number of nitrogens with two attached hydrogens (primary N) is 1. The number of hydrogen-bond acceptors (Lipinski definition) is 4. The lowest BCUT2D eigenvalue weighted by molar-refractivity contribution is -0.384. The van der Waals surface area contributed by atoms with E-state index in [1.165, 1.54) is 6.07 Å². The number of nitro groups is 1. The Kier molecular flexibility index (Phi) is 6.78. The van der Waals surface area contributed by atoms with Gasteiger partial charge in [0.05, 0.1) is 4.92 Å². The molecule has 0 aliphatic carbocycles. The summed E-state index contributed by atoms with van der Waals surface area (Å²) in [6.45, 7) is 11.0. The number of benzene rings is 1. The van der Waals surface area contributed by atoms with Gasteiger partial charge in [0.15, 0.2) is 0 Å². The Labute approximate surface area is 127 Å². The third-order valence-electron chi connectivity index (χ3n) is 3.33. The van der Waals surface area contributed by atoms with Crippen LogP contribution in [0.2, 0.25) is 0 Å². The molecule has 1 aromatic carbocycles. The van der Waals surface area contributed by atoms with Crippen LogP contribution < -0.4 is 5.73 Å². The van der Waals surface area contributed by atoms with Crippen molar-refractivity contribution in [1.29, 1.82) is 0 Å². The Balaban J connectivity index is 3.06. The van der Waals surface area contributed by atoms with Gasteiger partial charge in [-0.15, -0.1) is 0 Å². The van der Waals surface area contributed by atoms with Gasteiger partial charge in [-0.3, -0.25) is 15.0 Å². The summed E-state index contributed by atoms with van der Waals surface area (Å²) >= 11 is 0. The third-order valence-corrected chi connectivity index (χ3v) is 3.33. The second-order valence-corrected chi connectivity index (χ2v) is 6.35. The Hall–Kier alpha value is -1.46. The van der Waals surface area contributed by atoms with Gasteiger partial charge in [-0.2, -0.15) is 0 Å². The summed E-state index contributed by atoms with van der Waals surface area (Å²) in [5, 5.41) is 11.0. The van der Waals surface area contributed by atoms with Crippen LogP contribution in [0.1, 0.15) is 39.3 Å². The highest BCUT2D eigenvalue weighted by Gasteiger charge is 2.22. The van der Waals surface area contributed by atoms with Crippen molar-refractivity contribution in [3.63, 3.8) is 0 Å². The summed E-state index contributed by atoms with van der Waals surface area (Å²) < 4.78 is 0. The third kappa shape index (κ3) is 5.44. The fourth-order valence-corrected chi connectivity index (χ4v) is 2.61. The molecule has 0 saturated carbocycles. The molecule has 0 radical (unpaired) electrons.